The predicted octanol–water partition coefficient (Wildman–Crippen LogP) is 10.7. The highest BCUT2D eigenvalue weighted by molar-refractivity contribution is 5.88. The van der Waals surface area contributed by atoms with Crippen molar-refractivity contribution < 1.29 is 9.47 Å². The Morgan fingerprint density at radius 3 is 1.68 bits per heavy atom. The summed E-state index contributed by atoms with van der Waals surface area (Å²) in [6.45, 7) is 4.54. The minimum absolute atomic E-state index is 0.113. The Hall–Kier alpha value is -6.07. The molecule has 0 fully saturated rings. The van der Waals surface area contributed by atoms with Crippen LogP contribution in [0.4, 0.5) is 0 Å². The van der Waals surface area contributed by atoms with E-state index in [2.05, 4.69) is 109 Å². The molecule has 47 heavy (non-hydrogen) atoms. The largest absolute Gasteiger partial charge is 0.450 e. The van der Waals surface area contributed by atoms with Crippen LogP contribution in [-0.2, 0) is 5.41 Å². The van der Waals surface area contributed by atoms with Crippen LogP contribution >= 0.6 is 0 Å². The van der Waals surface area contributed by atoms with Crippen LogP contribution in [0.5, 0.6) is 23.0 Å². The van der Waals surface area contributed by atoms with Crippen molar-refractivity contribution in [2.75, 3.05) is 0 Å². The molecular weight excluding hydrogens is 578 g/mol. The molecule has 5 nitrogen and oxygen atoms in total. The van der Waals surface area contributed by atoms with Gasteiger partial charge in [-0.3, -0.25) is 9.97 Å². The van der Waals surface area contributed by atoms with Gasteiger partial charge in [0.05, 0.1) is 22.8 Å². The molecule has 0 amide bonds. The fourth-order valence-electron chi connectivity index (χ4n) is 6.91. The molecule has 224 valence electrons. The number of benzene rings is 4. The Labute approximate surface area is 273 Å². The third-order valence-corrected chi connectivity index (χ3v) is 9.26. The average molecular weight is 608 g/mol. The lowest BCUT2D eigenvalue weighted by Crippen LogP contribution is -2.15. The summed E-state index contributed by atoms with van der Waals surface area (Å²) in [5.74, 6) is 2.86. The van der Waals surface area contributed by atoms with Crippen LogP contribution in [0.2, 0.25) is 0 Å². The second-order valence-corrected chi connectivity index (χ2v) is 12.5. The molecule has 1 aliphatic carbocycles. The fraction of sp³-hybridized carbons (Fsp3) is 0.0714. The molecule has 0 radical (unpaired) electrons. The van der Waals surface area contributed by atoms with Crippen molar-refractivity contribution in [3.8, 4) is 79.2 Å². The number of rotatable bonds is 4. The Balaban J connectivity index is 1.13. The molecule has 0 atom stereocenters. The molecule has 0 spiro atoms. The molecular formula is C42H29N3O2. The molecule has 5 heteroatoms. The summed E-state index contributed by atoms with van der Waals surface area (Å²) in [6, 6.07) is 43.4. The number of hydrogen-bond acceptors (Lipinski definition) is 5. The lowest BCUT2D eigenvalue weighted by atomic mass is 9.82. The minimum Gasteiger partial charge on any atom is -0.450 e. The van der Waals surface area contributed by atoms with E-state index in [1.54, 1.807) is 12.4 Å². The first-order valence-corrected chi connectivity index (χ1v) is 15.8. The SMILES string of the molecule is CC1(C)c2ccccc2-c2cc3c(cc21)Oc1ccc(-c2ccccc2-c2cc(-c4ccccn4)nc(-c4ccccn4)c2)cc1O3. The maximum absolute atomic E-state index is 6.60. The van der Waals surface area contributed by atoms with Crippen LogP contribution in [0.1, 0.15) is 25.0 Å². The van der Waals surface area contributed by atoms with E-state index in [1.807, 2.05) is 42.5 Å². The number of hydrogen-bond donors (Lipinski definition) is 0. The van der Waals surface area contributed by atoms with Gasteiger partial charge in [0.2, 0.25) is 0 Å². The number of pyridine rings is 3. The summed E-state index contributed by atoms with van der Waals surface area (Å²) < 4.78 is 13.1. The first-order valence-electron chi connectivity index (χ1n) is 15.8. The van der Waals surface area contributed by atoms with Gasteiger partial charge in [-0.1, -0.05) is 80.6 Å². The summed E-state index contributed by atoms with van der Waals surface area (Å²) in [4.78, 5) is 14.2. The standard InChI is InChI=1S/C42H29N3O2/c1-42(2)32-14-6-5-13-30(32)31-24-40-41(25-33(31)42)46-38-18-17-26(23-39(38)47-40)28-11-3-4-12-29(28)27-21-36(34-15-7-9-19-43-34)45-37(22-27)35-16-8-10-20-44-35/h3-25H,1-2H3. The molecule has 0 bridgehead atoms. The summed E-state index contributed by atoms with van der Waals surface area (Å²) in [7, 11) is 0. The molecule has 4 aromatic carbocycles. The molecule has 0 N–H and O–H groups in total. The monoisotopic (exact) mass is 607 g/mol. The zero-order valence-electron chi connectivity index (χ0n) is 25.9. The van der Waals surface area contributed by atoms with Gasteiger partial charge in [0.25, 0.3) is 0 Å². The Bertz CT molecular complexity index is 2270. The third kappa shape index (κ3) is 4.50. The molecule has 9 rings (SSSR count). The Morgan fingerprint density at radius 1 is 0.426 bits per heavy atom. The van der Waals surface area contributed by atoms with Gasteiger partial charge in [-0.2, -0.15) is 0 Å². The minimum atomic E-state index is -0.113. The highest BCUT2D eigenvalue weighted by Gasteiger charge is 2.37. The van der Waals surface area contributed by atoms with Crippen LogP contribution < -0.4 is 9.47 Å². The van der Waals surface area contributed by atoms with Gasteiger partial charge in [0.1, 0.15) is 0 Å². The second kappa shape index (κ2) is 10.5. The summed E-state index contributed by atoms with van der Waals surface area (Å²) in [5.41, 5.74) is 12.3. The van der Waals surface area contributed by atoms with E-state index < -0.39 is 0 Å². The van der Waals surface area contributed by atoms with Gasteiger partial charge < -0.3 is 9.47 Å². The maximum atomic E-state index is 6.60. The normalized spacial score (nSPS) is 13.4. The molecule has 0 saturated carbocycles. The van der Waals surface area contributed by atoms with Crippen LogP contribution in [-0.4, -0.2) is 15.0 Å². The Kier molecular flexibility index (Phi) is 6.09. The van der Waals surface area contributed by atoms with E-state index >= 15 is 0 Å². The van der Waals surface area contributed by atoms with Crippen LogP contribution in [0, 0.1) is 0 Å². The average Bonchev–Trinajstić information content (AvgIpc) is 3.35. The molecule has 4 heterocycles. The maximum Gasteiger partial charge on any atom is 0.170 e. The zero-order chi connectivity index (χ0) is 31.5. The van der Waals surface area contributed by atoms with E-state index in [0.717, 1.165) is 56.5 Å². The van der Waals surface area contributed by atoms with Crippen molar-refractivity contribution in [1.29, 1.82) is 0 Å². The van der Waals surface area contributed by atoms with Gasteiger partial charge in [-0.25, -0.2) is 4.98 Å². The lowest BCUT2D eigenvalue weighted by Gasteiger charge is -2.25. The van der Waals surface area contributed by atoms with Gasteiger partial charge in [0.15, 0.2) is 23.0 Å². The van der Waals surface area contributed by atoms with E-state index in [4.69, 9.17) is 14.5 Å². The van der Waals surface area contributed by atoms with Gasteiger partial charge in [-0.05, 0) is 105 Å². The highest BCUT2D eigenvalue weighted by atomic mass is 16.6. The molecule has 7 aromatic rings. The number of aromatic nitrogens is 3. The van der Waals surface area contributed by atoms with Crippen molar-refractivity contribution in [1.82, 2.24) is 15.0 Å². The summed E-state index contributed by atoms with van der Waals surface area (Å²) >= 11 is 0. The lowest BCUT2D eigenvalue weighted by molar-refractivity contribution is 0.359. The van der Waals surface area contributed by atoms with Crippen molar-refractivity contribution >= 4 is 0 Å². The van der Waals surface area contributed by atoms with Crippen molar-refractivity contribution in [3.63, 3.8) is 0 Å². The van der Waals surface area contributed by atoms with E-state index in [1.165, 1.54) is 22.3 Å². The third-order valence-electron chi connectivity index (χ3n) is 9.26. The van der Waals surface area contributed by atoms with Crippen molar-refractivity contribution in [3.05, 3.63) is 151 Å². The number of fused-ring (bicyclic) bond motifs is 5. The first kappa shape index (κ1) is 27.3. The van der Waals surface area contributed by atoms with E-state index in [0.29, 0.717) is 11.5 Å². The molecule has 1 aliphatic heterocycles. The topological polar surface area (TPSA) is 57.1 Å². The molecule has 0 saturated heterocycles. The fourth-order valence-corrected chi connectivity index (χ4v) is 6.91. The van der Waals surface area contributed by atoms with Gasteiger partial charge in [0, 0.05) is 17.8 Å². The first-order chi connectivity index (χ1) is 23.0. The van der Waals surface area contributed by atoms with E-state index in [-0.39, 0.29) is 5.41 Å². The van der Waals surface area contributed by atoms with Crippen molar-refractivity contribution in [2.45, 2.75) is 19.3 Å². The molecule has 2 aliphatic rings. The van der Waals surface area contributed by atoms with Crippen LogP contribution in [0.25, 0.3) is 56.2 Å². The second-order valence-electron chi connectivity index (χ2n) is 12.5. The molecule has 0 unspecified atom stereocenters. The summed E-state index contributed by atoms with van der Waals surface area (Å²) in [6.07, 6.45) is 3.58. The highest BCUT2D eigenvalue weighted by Crippen LogP contribution is 2.55. The van der Waals surface area contributed by atoms with E-state index in [9.17, 15) is 0 Å². The quantitative estimate of drug-likeness (QED) is 0.199. The summed E-state index contributed by atoms with van der Waals surface area (Å²) in [5, 5.41) is 0. The smallest absolute Gasteiger partial charge is 0.170 e. The predicted molar refractivity (Wildman–Crippen MR) is 186 cm³/mol. The Morgan fingerprint density at radius 2 is 1.00 bits per heavy atom. The zero-order valence-corrected chi connectivity index (χ0v) is 25.9. The van der Waals surface area contributed by atoms with Crippen LogP contribution in [0.15, 0.2) is 140 Å². The van der Waals surface area contributed by atoms with Crippen LogP contribution in [0.3, 0.4) is 0 Å². The van der Waals surface area contributed by atoms with Crippen molar-refractivity contribution in [2.24, 2.45) is 0 Å². The van der Waals surface area contributed by atoms with Gasteiger partial charge in [-0.15, -0.1) is 0 Å². The number of ether oxygens (including phenoxy) is 2. The molecule has 3 aromatic heterocycles. The number of nitrogens with zero attached hydrogens (tertiary/aromatic N) is 3. The van der Waals surface area contributed by atoms with Gasteiger partial charge >= 0.3 is 0 Å².